The molecule has 1 unspecified atom stereocenters. The third-order valence-corrected chi connectivity index (χ3v) is 4.61. The zero-order chi connectivity index (χ0) is 14.3. The summed E-state index contributed by atoms with van der Waals surface area (Å²) in [6, 6.07) is 2.21. The monoisotopic (exact) mass is 268 g/mol. The van der Waals surface area contributed by atoms with Crippen molar-refractivity contribution in [1.82, 2.24) is 10.2 Å². The molecule has 1 atom stereocenters. The minimum Gasteiger partial charge on any atom is -0.312 e. The first kappa shape index (κ1) is 17.0. The highest BCUT2D eigenvalue weighted by Crippen LogP contribution is 2.19. The van der Waals surface area contributed by atoms with E-state index in [-0.39, 0.29) is 0 Å². The highest BCUT2D eigenvalue weighted by molar-refractivity contribution is 4.81. The molecule has 1 N–H and O–H groups in total. The van der Waals surface area contributed by atoms with Crippen LogP contribution < -0.4 is 5.32 Å². The first-order chi connectivity index (χ1) is 9.08. The summed E-state index contributed by atoms with van der Waals surface area (Å²) in [5, 5.41) is 3.80. The van der Waals surface area contributed by atoms with Crippen molar-refractivity contribution in [2.45, 2.75) is 91.3 Å². The van der Waals surface area contributed by atoms with Crippen LogP contribution in [-0.2, 0) is 0 Å². The van der Waals surface area contributed by atoms with E-state index in [1.807, 2.05) is 0 Å². The number of nitrogens with zero attached hydrogens (tertiary/aromatic N) is 1. The van der Waals surface area contributed by atoms with Gasteiger partial charge in [0.05, 0.1) is 0 Å². The van der Waals surface area contributed by atoms with Crippen LogP contribution >= 0.6 is 0 Å². The van der Waals surface area contributed by atoms with Gasteiger partial charge < -0.3 is 5.32 Å². The molecule has 2 heteroatoms. The fraction of sp³-hybridized carbons (Fsp3) is 1.00. The zero-order valence-corrected chi connectivity index (χ0v) is 13.9. The molecule has 19 heavy (non-hydrogen) atoms. The van der Waals surface area contributed by atoms with Gasteiger partial charge >= 0.3 is 0 Å². The lowest BCUT2D eigenvalue weighted by molar-refractivity contribution is 0.115. The Morgan fingerprint density at radius 1 is 1.05 bits per heavy atom. The van der Waals surface area contributed by atoms with Crippen molar-refractivity contribution in [3.63, 3.8) is 0 Å². The molecule has 0 bridgehead atoms. The van der Waals surface area contributed by atoms with Gasteiger partial charge in [-0.25, -0.2) is 0 Å². The maximum Gasteiger partial charge on any atom is 0.0195 e. The molecule has 0 saturated heterocycles. The Labute approximate surface area is 121 Å². The lowest BCUT2D eigenvalue weighted by Crippen LogP contribution is -2.48. The molecule has 1 rings (SSSR count). The van der Waals surface area contributed by atoms with Crippen LogP contribution in [0.15, 0.2) is 0 Å². The van der Waals surface area contributed by atoms with Crippen LogP contribution in [0.5, 0.6) is 0 Å². The molecular weight excluding hydrogens is 232 g/mol. The van der Waals surface area contributed by atoms with Gasteiger partial charge in [0.15, 0.2) is 0 Å². The Balaban J connectivity index is 2.46. The van der Waals surface area contributed by atoms with E-state index >= 15 is 0 Å². The Bertz CT molecular complexity index is 217. The first-order valence-corrected chi connectivity index (χ1v) is 8.57. The summed E-state index contributed by atoms with van der Waals surface area (Å²) < 4.78 is 0. The van der Waals surface area contributed by atoms with Gasteiger partial charge in [-0.1, -0.05) is 40.5 Å². The third-order valence-electron chi connectivity index (χ3n) is 4.61. The molecule has 0 aliphatic heterocycles. The molecule has 0 heterocycles. The molecule has 0 aromatic carbocycles. The van der Waals surface area contributed by atoms with Crippen LogP contribution in [0.2, 0.25) is 0 Å². The summed E-state index contributed by atoms with van der Waals surface area (Å²) in [5.74, 6) is 0.759. The van der Waals surface area contributed by atoms with Gasteiger partial charge in [-0.3, -0.25) is 4.90 Å². The van der Waals surface area contributed by atoms with Crippen LogP contribution in [0.4, 0.5) is 0 Å². The fourth-order valence-electron chi connectivity index (χ4n) is 3.45. The van der Waals surface area contributed by atoms with Gasteiger partial charge in [-0.2, -0.15) is 0 Å². The molecular formula is C17H36N2. The number of rotatable bonds is 9. The van der Waals surface area contributed by atoms with Crippen LogP contribution in [0.25, 0.3) is 0 Å². The topological polar surface area (TPSA) is 15.3 Å². The van der Waals surface area contributed by atoms with Gasteiger partial charge in [0.2, 0.25) is 0 Å². The van der Waals surface area contributed by atoms with Crippen molar-refractivity contribution in [2.24, 2.45) is 5.92 Å². The number of hydrogen-bond donors (Lipinski definition) is 1. The summed E-state index contributed by atoms with van der Waals surface area (Å²) in [6.07, 6.45) is 8.18. The maximum absolute atomic E-state index is 3.80. The van der Waals surface area contributed by atoms with E-state index in [0.717, 1.165) is 24.5 Å². The van der Waals surface area contributed by atoms with Gasteiger partial charge in [-0.15, -0.1) is 0 Å². The molecule has 114 valence electrons. The fourth-order valence-corrected chi connectivity index (χ4v) is 3.45. The third kappa shape index (κ3) is 5.83. The van der Waals surface area contributed by atoms with Crippen LogP contribution in [0, 0.1) is 5.92 Å². The summed E-state index contributed by atoms with van der Waals surface area (Å²) >= 11 is 0. The average Bonchev–Trinajstić information content (AvgIpc) is 2.88. The molecule has 1 aliphatic rings. The summed E-state index contributed by atoms with van der Waals surface area (Å²) in [7, 11) is 0. The standard InChI is InChI=1S/C17H36N2/c1-6-17(7-2)19(13-14(3)4)15(5)12-18-16-10-8-9-11-16/h14-18H,6-13H2,1-5H3. The predicted octanol–water partition coefficient (Wildman–Crippen LogP) is 4.05. The second kappa shape index (κ2) is 8.97. The van der Waals surface area contributed by atoms with Gasteiger partial charge in [0.1, 0.15) is 0 Å². The quantitative estimate of drug-likeness (QED) is 0.678. The largest absolute Gasteiger partial charge is 0.312 e. The van der Waals surface area contributed by atoms with E-state index < -0.39 is 0 Å². The molecule has 0 amide bonds. The normalized spacial score (nSPS) is 18.9. The van der Waals surface area contributed by atoms with Crippen molar-refractivity contribution < 1.29 is 0 Å². The van der Waals surface area contributed by atoms with Crippen LogP contribution in [-0.4, -0.2) is 36.1 Å². The molecule has 1 fully saturated rings. The highest BCUT2D eigenvalue weighted by atomic mass is 15.2. The van der Waals surface area contributed by atoms with Crippen LogP contribution in [0.3, 0.4) is 0 Å². The first-order valence-electron chi connectivity index (χ1n) is 8.57. The van der Waals surface area contributed by atoms with Gasteiger partial charge in [0.25, 0.3) is 0 Å². The van der Waals surface area contributed by atoms with E-state index in [2.05, 4.69) is 44.8 Å². The van der Waals surface area contributed by atoms with Crippen molar-refractivity contribution in [3.05, 3.63) is 0 Å². The Morgan fingerprint density at radius 3 is 2.11 bits per heavy atom. The van der Waals surface area contributed by atoms with Gasteiger partial charge in [0, 0.05) is 31.2 Å². The van der Waals surface area contributed by atoms with E-state index in [4.69, 9.17) is 0 Å². The van der Waals surface area contributed by atoms with Crippen molar-refractivity contribution in [3.8, 4) is 0 Å². The molecule has 2 nitrogen and oxygen atoms in total. The molecule has 0 spiro atoms. The van der Waals surface area contributed by atoms with Crippen molar-refractivity contribution in [1.29, 1.82) is 0 Å². The Morgan fingerprint density at radius 2 is 1.63 bits per heavy atom. The molecule has 0 aromatic rings. The molecule has 1 aliphatic carbocycles. The van der Waals surface area contributed by atoms with Gasteiger partial charge in [-0.05, 0) is 38.5 Å². The van der Waals surface area contributed by atoms with Crippen molar-refractivity contribution >= 4 is 0 Å². The summed E-state index contributed by atoms with van der Waals surface area (Å²) in [6.45, 7) is 14.1. The maximum atomic E-state index is 3.80. The number of nitrogens with one attached hydrogen (secondary N) is 1. The minimum atomic E-state index is 0.660. The molecule has 0 radical (unpaired) electrons. The highest BCUT2D eigenvalue weighted by Gasteiger charge is 2.23. The summed E-state index contributed by atoms with van der Waals surface area (Å²) in [4.78, 5) is 2.74. The smallest absolute Gasteiger partial charge is 0.0195 e. The van der Waals surface area contributed by atoms with E-state index in [0.29, 0.717) is 6.04 Å². The zero-order valence-electron chi connectivity index (χ0n) is 13.9. The Kier molecular flexibility index (Phi) is 8.01. The average molecular weight is 268 g/mol. The van der Waals surface area contributed by atoms with E-state index in [1.54, 1.807) is 0 Å². The molecule has 0 aromatic heterocycles. The van der Waals surface area contributed by atoms with E-state index in [1.165, 1.54) is 45.1 Å². The minimum absolute atomic E-state index is 0.660. The second-order valence-electron chi connectivity index (χ2n) is 6.80. The molecule has 1 saturated carbocycles. The Hall–Kier alpha value is -0.0800. The lowest BCUT2D eigenvalue weighted by atomic mass is 10.0. The summed E-state index contributed by atoms with van der Waals surface area (Å²) in [5.41, 5.74) is 0. The van der Waals surface area contributed by atoms with Crippen molar-refractivity contribution in [2.75, 3.05) is 13.1 Å². The second-order valence-corrected chi connectivity index (χ2v) is 6.80. The lowest BCUT2D eigenvalue weighted by Gasteiger charge is -2.37. The van der Waals surface area contributed by atoms with E-state index in [9.17, 15) is 0 Å². The van der Waals surface area contributed by atoms with Crippen LogP contribution in [0.1, 0.15) is 73.1 Å². The number of hydrogen-bond acceptors (Lipinski definition) is 2. The predicted molar refractivity (Wildman–Crippen MR) is 85.6 cm³/mol. The SMILES string of the molecule is CCC(CC)N(CC(C)C)C(C)CNC1CCCC1.